The molecule has 1 amide bonds. The van der Waals surface area contributed by atoms with E-state index in [-0.39, 0.29) is 11.3 Å². The number of carbonyl (C=O) groups excluding carboxylic acids is 1. The molecule has 1 saturated carbocycles. The van der Waals surface area contributed by atoms with Crippen molar-refractivity contribution in [3.05, 3.63) is 0 Å². The Morgan fingerprint density at radius 3 is 2.56 bits per heavy atom. The van der Waals surface area contributed by atoms with Gasteiger partial charge >= 0.3 is 0 Å². The highest BCUT2D eigenvalue weighted by Gasteiger charge is 2.42. The highest BCUT2D eigenvalue weighted by molar-refractivity contribution is 7.99. The second-order valence-electron chi connectivity index (χ2n) is 5.10. The fourth-order valence-corrected chi connectivity index (χ4v) is 3.71. The summed E-state index contributed by atoms with van der Waals surface area (Å²) in [4.78, 5) is 12.0. The molecule has 0 radical (unpaired) electrons. The molecule has 2 fully saturated rings. The van der Waals surface area contributed by atoms with Gasteiger partial charge in [-0.25, -0.2) is 0 Å². The van der Waals surface area contributed by atoms with Crippen LogP contribution >= 0.6 is 11.8 Å². The largest absolute Gasteiger partial charge is 0.355 e. The minimum Gasteiger partial charge on any atom is -0.355 e. The van der Waals surface area contributed by atoms with Gasteiger partial charge in [0.15, 0.2) is 0 Å². The number of thioether (sulfide) groups is 1. The highest BCUT2D eigenvalue weighted by atomic mass is 32.2. The van der Waals surface area contributed by atoms with Crippen LogP contribution in [0.4, 0.5) is 0 Å². The Labute approximate surface area is 102 Å². The van der Waals surface area contributed by atoms with Gasteiger partial charge in [0.2, 0.25) is 5.91 Å². The van der Waals surface area contributed by atoms with E-state index in [4.69, 9.17) is 5.73 Å². The molecule has 0 aromatic carbocycles. The van der Waals surface area contributed by atoms with Crippen molar-refractivity contribution in [1.82, 2.24) is 5.32 Å². The maximum atomic E-state index is 12.0. The molecule has 92 valence electrons. The number of hydrogen-bond acceptors (Lipinski definition) is 3. The summed E-state index contributed by atoms with van der Waals surface area (Å²) < 4.78 is 0. The summed E-state index contributed by atoms with van der Waals surface area (Å²) >= 11 is 2.03. The van der Waals surface area contributed by atoms with E-state index in [2.05, 4.69) is 5.32 Å². The van der Waals surface area contributed by atoms with Crippen molar-refractivity contribution >= 4 is 17.7 Å². The Kier molecular flexibility index (Phi) is 4.14. The van der Waals surface area contributed by atoms with Crippen LogP contribution in [0.25, 0.3) is 0 Å². The second kappa shape index (κ2) is 5.41. The zero-order valence-electron chi connectivity index (χ0n) is 9.84. The quantitative estimate of drug-likeness (QED) is 0.783. The fraction of sp³-hybridized carbons (Fsp3) is 0.917. The lowest BCUT2D eigenvalue weighted by molar-refractivity contribution is -0.135. The van der Waals surface area contributed by atoms with Crippen LogP contribution in [0, 0.1) is 11.3 Å². The molecular formula is C12H22N2OS. The van der Waals surface area contributed by atoms with Gasteiger partial charge in [-0.05, 0) is 43.1 Å². The van der Waals surface area contributed by atoms with E-state index in [1.807, 2.05) is 11.8 Å². The molecule has 2 aliphatic rings. The van der Waals surface area contributed by atoms with E-state index in [0.717, 1.165) is 25.8 Å². The van der Waals surface area contributed by atoms with Crippen LogP contribution in [0.1, 0.15) is 32.1 Å². The van der Waals surface area contributed by atoms with Gasteiger partial charge in [-0.2, -0.15) is 11.8 Å². The minimum absolute atomic E-state index is 0.205. The van der Waals surface area contributed by atoms with E-state index in [1.54, 1.807) is 0 Å². The average Bonchev–Trinajstić information content (AvgIpc) is 2.27. The zero-order valence-corrected chi connectivity index (χ0v) is 10.7. The van der Waals surface area contributed by atoms with Crippen molar-refractivity contribution in [2.75, 3.05) is 24.6 Å². The zero-order chi connectivity index (χ0) is 11.4. The molecule has 3 nitrogen and oxygen atoms in total. The summed E-state index contributed by atoms with van der Waals surface area (Å²) in [6.45, 7) is 1.38. The molecule has 4 heteroatoms. The summed E-state index contributed by atoms with van der Waals surface area (Å²) in [5.74, 6) is 3.41. The lowest BCUT2D eigenvalue weighted by Crippen LogP contribution is -2.51. The van der Waals surface area contributed by atoms with E-state index in [1.165, 1.54) is 24.3 Å². The molecule has 1 aliphatic heterocycles. The summed E-state index contributed by atoms with van der Waals surface area (Å²) in [6.07, 6.45) is 5.62. The SMILES string of the molecule is NCC1(C(=O)NCC2CCSCC2)CCC1. The first-order chi connectivity index (χ1) is 7.77. The normalized spacial score (nSPS) is 24.8. The Balaban J connectivity index is 1.74. The first-order valence-electron chi connectivity index (χ1n) is 6.33. The maximum Gasteiger partial charge on any atom is 0.227 e. The lowest BCUT2D eigenvalue weighted by atomic mass is 9.68. The van der Waals surface area contributed by atoms with Crippen molar-refractivity contribution in [3.63, 3.8) is 0 Å². The third-order valence-corrected chi connectivity index (χ3v) is 5.12. The van der Waals surface area contributed by atoms with Crippen LogP contribution in [-0.2, 0) is 4.79 Å². The third-order valence-electron chi connectivity index (χ3n) is 4.08. The van der Waals surface area contributed by atoms with Gasteiger partial charge in [0, 0.05) is 13.1 Å². The molecule has 1 saturated heterocycles. The Hall–Kier alpha value is -0.220. The molecule has 0 spiro atoms. The smallest absolute Gasteiger partial charge is 0.227 e. The Morgan fingerprint density at radius 2 is 2.06 bits per heavy atom. The molecular weight excluding hydrogens is 220 g/mol. The average molecular weight is 242 g/mol. The molecule has 0 aromatic rings. The van der Waals surface area contributed by atoms with Crippen molar-refractivity contribution in [2.45, 2.75) is 32.1 Å². The van der Waals surface area contributed by atoms with Crippen LogP contribution in [0.2, 0.25) is 0 Å². The Morgan fingerprint density at radius 1 is 1.38 bits per heavy atom. The van der Waals surface area contributed by atoms with Gasteiger partial charge in [-0.1, -0.05) is 6.42 Å². The first-order valence-corrected chi connectivity index (χ1v) is 7.48. The van der Waals surface area contributed by atoms with E-state index in [9.17, 15) is 4.79 Å². The van der Waals surface area contributed by atoms with Gasteiger partial charge in [-0.15, -0.1) is 0 Å². The van der Waals surface area contributed by atoms with Gasteiger partial charge in [-0.3, -0.25) is 4.79 Å². The van der Waals surface area contributed by atoms with Crippen LogP contribution < -0.4 is 11.1 Å². The Bertz CT molecular complexity index is 242. The minimum atomic E-state index is -0.205. The number of amides is 1. The molecule has 2 rings (SSSR count). The highest BCUT2D eigenvalue weighted by Crippen LogP contribution is 2.40. The molecule has 0 unspecified atom stereocenters. The topological polar surface area (TPSA) is 55.1 Å². The van der Waals surface area contributed by atoms with Crippen LogP contribution in [0.3, 0.4) is 0 Å². The molecule has 0 atom stereocenters. The molecule has 1 heterocycles. The third kappa shape index (κ3) is 2.54. The first kappa shape index (κ1) is 12.2. The standard InChI is InChI=1S/C12H22N2OS/c13-9-12(4-1-5-12)11(15)14-8-10-2-6-16-7-3-10/h10H,1-9,13H2,(H,14,15). The molecule has 3 N–H and O–H groups in total. The lowest BCUT2D eigenvalue weighted by Gasteiger charge is -2.39. The van der Waals surface area contributed by atoms with Crippen LogP contribution in [-0.4, -0.2) is 30.5 Å². The van der Waals surface area contributed by atoms with Crippen molar-refractivity contribution < 1.29 is 4.79 Å². The predicted molar refractivity (Wildman–Crippen MR) is 68.4 cm³/mol. The predicted octanol–water partition coefficient (Wildman–Crippen LogP) is 1.37. The van der Waals surface area contributed by atoms with Gasteiger partial charge in [0.25, 0.3) is 0 Å². The van der Waals surface area contributed by atoms with Crippen molar-refractivity contribution in [3.8, 4) is 0 Å². The molecule has 0 aromatic heterocycles. The summed E-state index contributed by atoms with van der Waals surface area (Å²) in [5, 5.41) is 3.12. The van der Waals surface area contributed by atoms with Crippen LogP contribution in [0.5, 0.6) is 0 Å². The molecule has 16 heavy (non-hydrogen) atoms. The van der Waals surface area contributed by atoms with Gasteiger partial charge in [0.1, 0.15) is 0 Å². The van der Waals surface area contributed by atoms with Gasteiger partial charge in [0.05, 0.1) is 5.41 Å². The fourth-order valence-electron chi connectivity index (χ4n) is 2.50. The molecule has 1 aliphatic carbocycles. The van der Waals surface area contributed by atoms with Crippen molar-refractivity contribution in [2.24, 2.45) is 17.1 Å². The van der Waals surface area contributed by atoms with Crippen molar-refractivity contribution in [1.29, 1.82) is 0 Å². The monoisotopic (exact) mass is 242 g/mol. The number of nitrogens with two attached hydrogens (primary N) is 1. The number of rotatable bonds is 4. The number of nitrogens with one attached hydrogen (secondary N) is 1. The summed E-state index contributed by atoms with van der Waals surface area (Å²) in [7, 11) is 0. The van der Waals surface area contributed by atoms with Gasteiger partial charge < -0.3 is 11.1 Å². The van der Waals surface area contributed by atoms with E-state index in [0.29, 0.717) is 12.5 Å². The number of carbonyl (C=O) groups is 1. The van der Waals surface area contributed by atoms with Crippen LogP contribution in [0.15, 0.2) is 0 Å². The second-order valence-corrected chi connectivity index (χ2v) is 6.33. The van der Waals surface area contributed by atoms with E-state index >= 15 is 0 Å². The number of hydrogen-bond donors (Lipinski definition) is 2. The maximum absolute atomic E-state index is 12.0. The summed E-state index contributed by atoms with van der Waals surface area (Å²) in [6, 6.07) is 0. The summed E-state index contributed by atoms with van der Waals surface area (Å²) in [5.41, 5.74) is 5.51. The van der Waals surface area contributed by atoms with E-state index < -0.39 is 0 Å². The molecule has 0 bridgehead atoms.